The highest BCUT2D eigenvalue weighted by atomic mass is 16.6. The summed E-state index contributed by atoms with van der Waals surface area (Å²) in [6.07, 6.45) is 0.767. The largest absolute Gasteiger partial charge is 0.476 e. The number of imide groups is 1. The lowest BCUT2D eigenvalue weighted by Gasteiger charge is -2.38. The van der Waals surface area contributed by atoms with E-state index < -0.39 is 12.1 Å². The van der Waals surface area contributed by atoms with Crippen molar-refractivity contribution in [2.75, 3.05) is 32.8 Å². The maximum absolute atomic E-state index is 11.9. The molecule has 2 fully saturated rings. The number of aromatic nitrogens is 3. The number of hydrogen-bond acceptors (Lipinski definition) is 7. The predicted octanol–water partition coefficient (Wildman–Crippen LogP) is -1.19. The zero-order valence-corrected chi connectivity index (χ0v) is 11.0. The average molecular weight is 295 g/mol. The Morgan fingerprint density at radius 2 is 2.19 bits per heavy atom. The Hall–Kier alpha value is -2.49. The van der Waals surface area contributed by atoms with Crippen LogP contribution in [0.5, 0.6) is 0 Å². The first-order valence-corrected chi connectivity index (χ1v) is 6.39. The molecule has 2 amide bonds. The molecule has 0 atom stereocenters. The third-order valence-corrected chi connectivity index (χ3v) is 3.46. The summed E-state index contributed by atoms with van der Waals surface area (Å²) in [5.41, 5.74) is -0.107. The summed E-state index contributed by atoms with van der Waals surface area (Å²) in [5.74, 6) is -1.42. The van der Waals surface area contributed by atoms with E-state index in [-0.39, 0.29) is 30.8 Å². The molecule has 2 aliphatic heterocycles. The second kappa shape index (κ2) is 5.13. The minimum atomic E-state index is -1.12. The van der Waals surface area contributed by atoms with Crippen molar-refractivity contribution in [2.24, 2.45) is 0 Å². The lowest BCUT2D eigenvalue weighted by atomic mass is 10.1. The SMILES string of the molecule is O=C(O)c1cn(C2CN(CC(=O)N3CCOC3=O)C2)nn1. The third-order valence-electron chi connectivity index (χ3n) is 3.46. The Morgan fingerprint density at radius 1 is 1.43 bits per heavy atom. The van der Waals surface area contributed by atoms with Crippen LogP contribution in [-0.2, 0) is 9.53 Å². The number of rotatable bonds is 4. The monoisotopic (exact) mass is 295 g/mol. The summed E-state index contributed by atoms with van der Waals surface area (Å²) in [7, 11) is 0. The van der Waals surface area contributed by atoms with Gasteiger partial charge in [0.15, 0.2) is 5.69 Å². The van der Waals surface area contributed by atoms with Crippen LogP contribution < -0.4 is 0 Å². The molecule has 1 N–H and O–H groups in total. The summed E-state index contributed by atoms with van der Waals surface area (Å²) < 4.78 is 6.19. The van der Waals surface area contributed by atoms with Gasteiger partial charge in [-0.25, -0.2) is 19.2 Å². The lowest BCUT2D eigenvalue weighted by Crippen LogP contribution is -2.52. The fourth-order valence-electron chi connectivity index (χ4n) is 2.29. The molecule has 2 aliphatic rings. The van der Waals surface area contributed by atoms with Crippen LogP contribution in [0.2, 0.25) is 0 Å². The van der Waals surface area contributed by atoms with Gasteiger partial charge in [0.05, 0.1) is 25.3 Å². The summed E-state index contributed by atoms with van der Waals surface area (Å²) in [4.78, 5) is 36.8. The first kappa shape index (κ1) is 13.5. The van der Waals surface area contributed by atoms with Crippen molar-refractivity contribution in [1.29, 1.82) is 0 Å². The third kappa shape index (κ3) is 2.57. The van der Waals surface area contributed by atoms with Crippen LogP contribution in [0.3, 0.4) is 0 Å². The van der Waals surface area contributed by atoms with Crippen molar-refractivity contribution in [1.82, 2.24) is 24.8 Å². The number of carbonyl (C=O) groups is 3. The highest BCUT2D eigenvalue weighted by Gasteiger charge is 2.35. The molecule has 2 saturated heterocycles. The van der Waals surface area contributed by atoms with Gasteiger partial charge in [0.2, 0.25) is 5.91 Å². The maximum Gasteiger partial charge on any atom is 0.416 e. The number of ether oxygens (including phenoxy) is 1. The van der Waals surface area contributed by atoms with Gasteiger partial charge in [0, 0.05) is 13.1 Å². The first-order valence-electron chi connectivity index (χ1n) is 6.39. The fraction of sp³-hybridized carbons (Fsp3) is 0.545. The van der Waals surface area contributed by atoms with E-state index in [1.165, 1.54) is 10.9 Å². The van der Waals surface area contributed by atoms with E-state index in [0.29, 0.717) is 19.6 Å². The van der Waals surface area contributed by atoms with Gasteiger partial charge in [0.25, 0.3) is 0 Å². The maximum atomic E-state index is 11.9. The zero-order valence-electron chi connectivity index (χ0n) is 11.0. The van der Waals surface area contributed by atoms with E-state index in [9.17, 15) is 14.4 Å². The van der Waals surface area contributed by atoms with Crippen LogP contribution in [0.1, 0.15) is 16.5 Å². The van der Waals surface area contributed by atoms with Gasteiger partial charge < -0.3 is 9.84 Å². The molecular weight excluding hydrogens is 282 g/mol. The molecule has 0 bridgehead atoms. The van der Waals surface area contributed by atoms with Crippen molar-refractivity contribution in [3.05, 3.63) is 11.9 Å². The van der Waals surface area contributed by atoms with Gasteiger partial charge in [0.1, 0.15) is 6.61 Å². The van der Waals surface area contributed by atoms with Crippen molar-refractivity contribution in [3.8, 4) is 0 Å². The smallest absolute Gasteiger partial charge is 0.416 e. The Bertz CT molecular complexity index is 594. The van der Waals surface area contributed by atoms with E-state index in [2.05, 4.69) is 10.3 Å². The summed E-state index contributed by atoms with van der Waals surface area (Å²) in [6, 6.07) is -0.0103. The van der Waals surface area contributed by atoms with Crippen LogP contribution in [0.4, 0.5) is 4.79 Å². The van der Waals surface area contributed by atoms with Crippen LogP contribution in [0, 0.1) is 0 Å². The molecule has 3 heterocycles. The number of cyclic esters (lactones) is 1. The number of carboxylic acids is 1. The van der Waals surface area contributed by atoms with Crippen molar-refractivity contribution in [3.63, 3.8) is 0 Å². The fourth-order valence-corrected chi connectivity index (χ4v) is 2.29. The predicted molar refractivity (Wildman–Crippen MR) is 65.5 cm³/mol. The molecule has 10 heteroatoms. The molecule has 0 saturated carbocycles. The molecule has 1 aromatic rings. The lowest BCUT2D eigenvalue weighted by molar-refractivity contribution is -0.130. The standard InChI is InChI=1S/C11H13N5O5/c17-9(15-1-2-21-11(15)20)6-14-3-7(4-14)16-5-8(10(18)19)12-13-16/h5,7H,1-4,6H2,(H,18,19). The number of aromatic carboxylic acids is 1. The first-order chi connectivity index (χ1) is 10.0. The zero-order chi connectivity index (χ0) is 15.0. The Morgan fingerprint density at radius 3 is 2.76 bits per heavy atom. The van der Waals surface area contributed by atoms with E-state index >= 15 is 0 Å². The molecule has 112 valence electrons. The quantitative estimate of drug-likeness (QED) is 0.737. The van der Waals surface area contributed by atoms with Gasteiger partial charge in [-0.1, -0.05) is 5.21 Å². The Kier molecular flexibility index (Phi) is 3.29. The minimum Gasteiger partial charge on any atom is -0.476 e. The van der Waals surface area contributed by atoms with Gasteiger partial charge in [-0.2, -0.15) is 0 Å². The van der Waals surface area contributed by atoms with Gasteiger partial charge >= 0.3 is 12.1 Å². The van der Waals surface area contributed by atoms with Crippen LogP contribution in [-0.4, -0.2) is 80.7 Å². The second-order valence-electron chi connectivity index (χ2n) is 4.90. The summed E-state index contributed by atoms with van der Waals surface area (Å²) in [5, 5.41) is 16.1. The van der Waals surface area contributed by atoms with Crippen molar-refractivity contribution in [2.45, 2.75) is 6.04 Å². The highest BCUT2D eigenvalue weighted by Crippen LogP contribution is 2.20. The van der Waals surface area contributed by atoms with E-state index in [4.69, 9.17) is 9.84 Å². The average Bonchev–Trinajstić information content (AvgIpc) is 3.01. The van der Waals surface area contributed by atoms with Gasteiger partial charge in [-0.15, -0.1) is 5.10 Å². The molecule has 0 aromatic carbocycles. The van der Waals surface area contributed by atoms with Crippen LogP contribution >= 0.6 is 0 Å². The molecule has 10 nitrogen and oxygen atoms in total. The number of nitrogens with zero attached hydrogens (tertiary/aromatic N) is 5. The molecule has 0 spiro atoms. The van der Waals surface area contributed by atoms with Crippen LogP contribution in [0.25, 0.3) is 0 Å². The molecule has 0 radical (unpaired) electrons. The minimum absolute atomic E-state index is 0.0103. The number of carboxylic acid groups (broad SMARTS) is 1. The van der Waals surface area contributed by atoms with E-state index in [1.807, 2.05) is 4.90 Å². The topological polar surface area (TPSA) is 118 Å². The number of carbonyl (C=O) groups excluding carboxylic acids is 2. The Labute approximate surface area is 118 Å². The number of hydrogen-bond donors (Lipinski definition) is 1. The molecule has 3 rings (SSSR count). The summed E-state index contributed by atoms with van der Waals surface area (Å²) in [6.45, 7) is 1.77. The number of amides is 2. The highest BCUT2D eigenvalue weighted by molar-refractivity contribution is 5.94. The molecule has 1 aromatic heterocycles. The molecule has 0 unspecified atom stereocenters. The van der Waals surface area contributed by atoms with Crippen molar-refractivity contribution < 1.29 is 24.2 Å². The Balaban J connectivity index is 1.50. The van der Waals surface area contributed by atoms with E-state index in [1.54, 1.807) is 0 Å². The normalized spacial score (nSPS) is 19.4. The molecular formula is C11H13N5O5. The van der Waals surface area contributed by atoms with Gasteiger partial charge in [-0.05, 0) is 0 Å². The summed E-state index contributed by atoms with van der Waals surface area (Å²) >= 11 is 0. The number of likely N-dealkylation sites (tertiary alicyclic amines) is 1. The van der Waals surface area contributed by atoms with E-state index in [0.717, 1.165) is 4.90 Å². The van der Waals surface area contributed by atoms with Gasteiger partial charge in [-0.3, -0.25) is 9.69 Å². The van der Waals surface area contributed by atoms with Crippen LogP contribution in [0.15, 0.2) is 6.20 Å². The molecule has 0 aliphatic carbocycles. The molecule has 21 heavy (non-hydrogen) atoms. The van der Waals surface area contributed by atoms with Crippen molar-refractivity contribution >= 4 is 18.0 Å². The second-order valence-corrected chi connectivity index (χ2v) is 4.90.